The van der Waals surface area contributed by atoms with Crippen LogP contribution in [0.3, 0.4) is 0 Å². The van der Waals surface area contributed by atoms with Gasteiger partial charge in [-0.25, -0.2) is 0 Å². The number of hydrogen-bond acceptors (Lipinski definition) is 3. The zero-order valence-corrected chi connectivity index (χ0v) is 9.95. The summed E-state index contributed by atoms with van der Waals surface area (Å²) in [5.41, 5.74) is 4.40. The SMILES string of the molecule is CC(=O)NCCCNC(O)=S.NC(O)=S. The Kier molecular flexibility index (Phi) is 11.9. The third-order valence-electron chi connectivity index (χ3n) is 1.00. The number of rotatable bonds is 4. The van der Waals surface area contributed by atoms with Gasteiger partial charge in [0, 0.05) is 20.0 Å². The molecule has 0 aliphatic rings. The van der Waals surface area contributed by atoms with Gasteiger partial charge in [-0.05, 0) is 30.9 Å². The first-order chi connectivity index (χ1) is 6.86. The molecule has 0 heterocycles. The van der Waals surface area contributed by atoms with Crippen molar-refractivity contribution in [2.75, 3.05) is 13.1 Å². The summed E-state index contributed by atoms with van der Waals surface area (Å²) in [7, 11) is 0. The first-order valence-electron chi connectivity index (χ1n) is 4.06. The summed E-state index contributed by atoms with van der Waals surface area (Å²) in [5.74, 6) is -0.0448. The van der Waals surface area contributed by atoms with Gasteiger partial charge < -0.3 is 26.6 Å². The summed E-state index contributed by atoms with van der Waals surface area (Å²) in [6.07, 6.45) is 0.750. The van der Waals surface area contributed by atoms with Crippen LogP contribution in [-0.2, 0) is 4.79 Å². The Labute approximate surface area is 98.8 Å². The third-order valence-corrected chi connectivity index (χ3v) is 1.15. The summed E-state index contributed by atoms with van der Waals surface area (Å²) in [6.45, 7) is 2.64. The first kappa shape index (κ1) is 16.3. The lowest BCUT2D eigenvalue weighted by Crippen LogP contribution is -2.27. The highest BCUT2D eigenvalue weighted by Gasteiger charge is 1.91. The molecule has 0 aliphatic heterocycles. The van der Waals surface area contributed by atoms with Crippen LogP contribution in [0.2, 0.25) is 0 Å². The number of hydrogen-bond donors (Lipinski definition) is 5. The average molecular weight is 253 g/mol. The molecule has 0 bridgehead atoms. The molecule has 6 nitrogen and oxygen atoms in total. The van der Waals surface area contributed by atoms with Crippen LogP contribution >= 0.6 is 24.4 Å². The Hall–Kier alpha value is -1.15. The van der Waals surface area contributed by atoms with E-state index in [0.29, 0.717) is 13.1 Å². The number of aliphatic hydroxyl groups is 2. The Bertz CT molecular complexity index is 204. The van der Waals surface area contributed by atoms with E-state index < -0.39 is 5.17 Å². The van der Waals surface area contributed by atoms with Gasteiger partial charge in [-0.1, -0.05) is 0 Å². The van der Waals surface area contributed by atoms with Crippen molar-refractivity contribution in [2.24, 2.45) is 5.73 Å². The maximum Gasteiger partial charge on any atom is 0.254 e. The van der Waals surface area contributed by atoms with Crippen LogP contribution in [0.25, 0.3) is 0 Å². The van der Waals surface area contributed by atoms with Crippen molar-refractivity contribution in [3.63, 3.8) is 0 Å². The lowest BCUT2D eigenvalue weighted by atomic mass is 10.4. The van der Waals surface area contributed by atoms with Gasteiger partial charge in [-0.3, -0.25) is 4.79 Å². The molecule has 88 valence electrons. The molecule has 8 heteroatoms. The molecule has 0 fully saturated rings. The zero-order chi connectivity index (χ0) is 12.3. The summed E-state index contributed by atoms with van der Waals surface area (Å²) in [5, 5.41) is 20.5. The summed E-state index contributed by atoms with van der Waals surface area (Å²) >= 11 is 8.22. The van der Waals surface area contributed by atoms with Crippen molar-refractivity contribution in [3.05, 3.63) is 0 Å². The third kappa shape index (κ3) is 32.2. The molecule has 0 saturated heterocycles. The molecule has 0 aromatic carbocycles. The van der Waals surface area contributed by atoms with E-state index in [2.05, 4.69) is 40.8 Å². The van der Waals surface area contributed by atoms with E-state index >= 15 is 0 Å². The lowest BCUT2D eigenvalue weighted by molar-refractivity contribution is -0.118. The minimum atomic E-state index is -0.500. The van der Waals surface area contributed by atoms with Gasteiger partial charge in [0.05, 0.1) is 0 Å². The van der Waals surface area contributed by atoms with E-state index in [1.165, 1.54) is 6.92 Å². The van der Waals surface area contributed by atoms with Crippen LogP contribution in [-0.4, -0.2) is 39.6 Å². The number of aliphatic hydroxyl groups excluding tert-OH is 2. The van der Waals surface area contributed by atoms with Gasteiger partial charge in [0.15, 0.2) is 0 Å². The Morgan fingerprint density at radius 2 is 1.67 bits per heavy atom. The number of nitrogens with one attached hydrogen (secondary N) is 2. The molecule has 0 aliphatic carbocycles. The minimum absolute atomic E-state index is 0.0448. The van der Waals surface area contributed by atoms with Crippen LogP contribution in [0, 0.1) is 0 Å². The number of carbonyl (C=O) groups is 1. The fourth-order valence-corrected chi connectivity index (χ4v) is 0.650. The van der Waals surface area contributed by atoms with Crippen molar-refractivity contribution < 1.29 is 15.0 Å². The van der Waals surface area contributed by atoms with Gasteiger partial charge >= 0.3 is 0 Å². The zero-order valence-electron chi connectivity index (χ0n) is 8.32. The van der Waals surface area contributed by atoms with Gasteiger partial charge in [-0.2, -0.15) is 0 Å². The fourth-order valence-electron chi connectivity index (χ4n) is 0.548. The summed E-state index contributed by atoms with van der Waals surface area (Å²) in [6, 6.07) is 0. The van der Waals surface area contributed by atoms with Crippen LogP contribution in [0.4, 0.5) is 0 Å². The van der Waals surface area contributed by atoms with E-state index in [0.717, 1.165) is 6.42 Å². The van der Waals surface area contributed by atoms with Crippen LogP contribution in [0.15, 0.2) is 0 Å². The van der Waals surface area contributed by atoms with Crippen LogP contribution in [0.5, 0.6) is 0 Å². The van der Waals surface area contributed by atoms with E-state index in [1.807, 2.05) is 0 Å². The standard InChI is InChI=1S/C6H12N2O2S.CH3NOS/c1-5(9)7-3-2-4-8-6(10)11;2-1(3)4/h2-4H2,1H3,(H,7,9)(H2,8,10,11);(H3,2,3,4). The monoisotopic (exact) mass is 253 g/mol. The molecule has 6 N–H and O–H groups in total. The molecule has 0 aromatic heterocycles. The first-order valence-corrected chi connectivity index (χ1v) is 4.87. The van der Waals surface area contributed by atoms with Crippen molar-refractivity contribution >= 4 is 40.7 Å². The largest absolute Gasteiger partial charge is 0.487 e. The molecular weight excluding hydrogens is 238 g/mol. The predicted molar refractivity (Wildman–Crippen MR) is 65.9 cm³/mol. The number of thiocarbonyl (C=S) groups is 2. The molecule has 15 heavy (non-hydrogen) atoms. The Morgan fingerprint density at radius 1 is 1.27 bits per heavy atom. The van der Waals surface area contributed by atoms with E-state index in [1.54, 1.807) is 0 Å². The maximum absolute atomic E-state index is 10.3. The summed E-state index contributed by atoms with van der Waals surface area (Å²) < 4.78 is 0. The van der Waals surface area contributed by atoms with Crippen molar-refractivity contribution in [2.45, 2.75) is 13.3 Å². The minimum Gasteiger partial charge on any atom is -0.487 e. The normalized spacial score (nSPS) is 8.07. The smallest absolute Gasteiger partial charge is 0.254 e. The van der Waals surface area contributed by atoms with Gasteiger partial charge in [0.25, 0.3) is 10.3 Å². The van der Waals surface area contributed by atoms with E-state index in [4.69, 9.17) is 10.2 Å². The molecule has 0 radical (unpaired) electrons. The van der Waals surface area contributed by atoms with Gasteiger partial charge in [0.2, 0.25) is 5.91 Å². The highest BCUT2D eigenvalue weighted by Crippen LogP contribution is 1.73. The van der Waals surface area contributed by atoms with E-state index in [-0.39, 0.29) is 11.1 Å². The lowest BCUT2D eigenvalue weighted by Gasteiger charge is -2.02. The number of carbonyl (C=O) groups excluding carboxylic acids is 1. The molecule has 0 rings (SSSR count). The van der Waals surface area contributed by atoms with Crippen molar-refractivity contribution in [1.82, 2.24) is 10.6 Å². The molecule has 0 atom stereocenters. The molecule has 0 spiro atoms. The second-order valence-corrected chi connectivity index (χ2v) is 3.21. The maximum atomic E-state index is 10.3. The molecular formula is C7H15N3O3S2. The highest BCUT2D eigenvalue weighted by atomic mass is 32.1. The van der Waals surface area contributed by atoms with Crippen molar-refractivity contribution in [3.8, 4) is 0 Å². The second kappa shape index (κ2) is 10.9. The Balaban J connectivity index is 0. The van der Waals surface area contributed by atoms with Crippen LogP contribution < -0.4 is 16.4 Å². The average Bonchev–Trinajstić information content (AvgIpc) is 2.01. The number of nitrogens with two attached hydrogens (primary N) is 1. The molecule has 1 amide bonds. The highest BCUT2D eigenvalue weighted by molar-refractivity contribution is 7.80. The predicted octanol–water partition coefficient (Wildman–Crippen LogP) is -0.267. The molecule has 0 aromatic rings. The second-order valence-electron chi connectivity index (χ2n) is 2.41. The molecule has 0 unspecified atom stereocenters. The van der Waals surface area contributed by atoms with Gasteiger partial charge in [0.1, 0.15) is 0 Å². The van der Waals surface area contributed by atoms with E-state index in [9.17, 15) is 4.79 Å². The summed E-state index contributed by atoms with van der Waals surface area (Å²) in [4.78, 5) is 10.3. The fraction of sp³-hybridized carbons (Fsp3) is 0.571. The van der Waals surface area contributed by atoms with Gasteiger partial charge in [-0.15, -0.1) is 0 Å². The topological polar surface area (TPSA) is 108 Å². The number of amides is 1. The van der Waals surface area contributed by atoms with Crippen LogP contribution in [0.1, 0.15) is 13.3 Å². The van der Waals surface area contributed by atoms with Crippen molar-refractivity contribution in [1.29, 1.82) is 0 Å². The quantitative estimate of drug-likeness (QED) is 0.347. The molecule has 0 saturated carbocycles. The Morgan fingerprint density at radius 3 is 2.00 bits per heavy atom.